The summed E-state index contributed by atoms with van der Waals surface area (Å²) in [5.41, 5.74) is 2.51. The van der Waals surface area contributed by atoms with Gasteiger partial charge in [0.25, 0.3) is 5.91 Å². The largest absolute Gasteiger partial charge is 0.480 e. The van der Waals surface area contributed by atoms with Gasteiger partial charge in [0.05, 0.1) is 18.5 Å². The Morgan fingerprint density at radius 3 is 2.84 bits per heavy atom. The van der Waals surface area contributed by atoms with Gasteiger partial charge in [-0.3, -0.25) is 9.20 Å². The molecule has 0 spiro atoms. The number of aromatic nitrogens is 4. The van der Waals surface area contributed by atoms with Gasteiger partial charge in [-0.1, -0.05) is 18.2 Å². The summed E-state index contributed by atoms with van der Waals surface area (Å²) in [5, 5.41) is 12.5. The SMILES string of the molecule is COc1ccc(C(=O)Nc2ccccc2-c2cn3ccsc3n2)nn1. The Morgan fingerprint density at radius 1 is 1.20 bits per heavy atom. The number of methoxy groups -OCH3 is 1. The van der Waals surface area contributed by atoms with Crippen molar-refractivity contribution >= 4 is 27.9 Å². The van der Waals surface area contributed by atoms with E-state index in [9.17, 15) is 4.79 Å². The van der Waals surface area contributed by atoms with E-state index in [-0.39, 0.29) is 11.6 Å². The van der Waals surface area contributed by atoms with E-state index in [1.165, 1.54) is 7.11 Å². The first-order chi connectivity index (χ1) is 12.2. The first-order valence-corrected chi connectivity index (χ1v) is 8.33. The zero-order chi connectivity index (χ0) is 17.2. The van der Waals surface area contributed by atoms with Crippen molar-refractivity contribution in [3.05, 3.63) is 59.9 Å². The maximum Gasteiger partial charge on any atom is 0.276 e. The Labute approximate surface area is 146 Å². The van der Waals surface area contributed by atoms with Gasteiger partial charge >= 0.3 is 0 Å². The Kier molecular flexibility index (Phi) is 3.87. The fourth-order valence-corrected chi connectivity index (χ4v) is 3.11. The number of hydrogen-bond donors (Lipinski definition) is 1. The van der Waals surface area contributed by atoms with Crippen LogP contribution in [0.15, 0.2) is 54.2 Å². The minimum atomic E-state index is -0.344. The number of imidazole rings is 1. The van der Waals surface area contributed by atoms with Crippen LogP contribution in [0, 0.1) is 0 Å². The van der Waals surface area contributed by atoms with Gasteiger partial charge in [0.2, 0.25) is 5.88 Å². The van der Waals surface area contributed by atoms with Crippen molar-refractivity contribution in [3.8, 4) is 17.1 Å². The van der Waals surface area contributed by atoms with Crippen LogP contribution in [0.4, 0.5) is 5.69 Å². The number of nitrogens with one attached hydrogen (secondary N) is 1. The van der Waals surface area contributed by atoms with Crippen molar-refractivity contribution in [2.24, 2.45) is 0 Å². The Bertz CT molecular complexity index is 1010. The first kappa shape index (κ1) is 15.3. The molecule has 1 amide bonds. The summed E-state index contributed by atoms with van der Waals surface area (Å²) in [6.45, 7) is 0. The summed E-state index contributed by atoms with van der Waals surface area (Å²) < 4.78 is 6.90. The molecule has 0 saturated carbocycles. The van der Waals surface area contributed by atoms with Crippen molar-refractivity contribution in [1.29, 1.82) is 0 Å². The second-order valence-corrected chi connectivity index (χ2v) is 6.05. The molecule has 4 rings (SSSR count). The van der Waals surface area contributed by atoms with E-state index < -0.39 is 0 Å². The third kappa shape index (κ3) is 2.94. The highest BCUT2D eigenvalue weighted by atomic mass is 32.1. The Hall–Kier alpha value is -3.26. The zero-order valence-electron chi connectivity index (χ0n) is 13.2. The lowest BCUT2D eigenvalue weighted by Gasteiger charge is -2.09. The smallest absolute Gasteiger partial charge is 0.276 e. The standard InChI is InChI=1S/C17H13N5O2S/c1-24-15-7-6-13(20-21-15)16(23)18-12-5-3-2-4-11(12)14-10-22-8-9-25-17(22)19-14/h2-10H,1H3,(H,18,23). The molecule has 0 atom stereocenters. The number of benzene rings is 1. The van der Waals surface area contributed by atoms with Crippen molar-refractivity contribution in [2.45, 2.75) is 0 Å². The monoisotopic (exact) mass is 351 g/mol. The summed E-state index contributed by atoms with van der Waals surface area (Å²) in [7, 11) is 1.50. The lowest BCUT2D eigenvalue weighted by molar-refractivity contribution is 0.102. The minimum absolute atomic E-state index is 0.210. The second kappa shape index (κ2) is 6.33. The number of rotatable bonds is 4. The van der Waals surface area contributed by atoms with Gasteiger partial charge in [0.15, 0.2) is 10.7 Å². The number of thiazole rings is 1. The molecule has 3 aromatic heterocycles. The van der Waals surface area contributed by atoms with Gasteiger partial charge in [-0.15, -0.1) is 21.5 Å². The molecule has 0 aliphatic carbocycles. The molecule has 124 valence electrons. The van der Waals surface area contributed by atoms with Gasteiger partial charge in [0, 0.05) is 29.4 Å². The number of carbonyl (C=O) groups excluding carboxylic acids is 1. The van der Waals surface area contributed by atoms with Crippen LogP contribution in [0.3, 0.4) is 0 Å². The number of anilines is 1. The highest BCUT2D eigenvalue weighted by molar-refractivity contribution is 7.15. The summed E-state index contributed by atoms with van der Waals surface area (Å²) in [6, 6.07) is 10.7. The maximum atomic E-state index is 12.4. The quantitative estimate of drug-likeness (QED) is 0.611. The molecule has 4 aromatic rings. The normalized spacial score (nSPS) is 10.8. The van der Waals surface area contributed by atoms with Crippen molar-refractivity contribution in [2.75, 3.05) is 12.4 Å². The number of ether oxygens (including phenoxy) is 1. The highest BCUT2D eigenvalue weighted by Crippen LogP contribution is 2.28. The van der Waals surface area contributed by atoms with Crippen molar-refractivity contribution < 1.29 is 9.53 Å². The lowest BCUT2D eigenvalue weighted by Crippen LogP contribution is -2.15. The second-order valence-electron chi connectivity index (χ2n) is 5.18. The Balaban J connectivity index is 1.64. The van der Waals surface area contributed by atoms with E-state index in [4.69, 9.17) is 4.74 Å². The van der Waals surface area contributed by atoms with Gasteiger partial charge in [-0.2, -0.15) is 0 Å². The molecule has 0 fully saturated rings. The van der Waals surface area contributed by atoms with Crippen molar-refractivity contribution in [1.82, 2.24) is 19.6 Å². The molecule has 0 saturated heterocycles. The average Bonchev–Trinajstić information content (AvgIpc) is 3.24. The molecular weight excluding hydrogens is 338 g/mol. The number of amides is 1. The number of fused-ring (bicyclic) bond motifs is 1. The summed E-state index contributed by atoms with van der Waals surface area (Å²) in [6.07, 6.45) is 3.88. The van der Waals surface area contributed by atoms with Crippen LogP contribution in [0.25, 0.3) is 16.2 Å². The van der Waals surface area contributed by atoms with E-state index in [1.807, 2.05) is 46.4 Å². The molecule has 0 aliphatic heterocycles. The van der Waals surface area contributed by atoms with Gasteiger partial charge in [-0.25, -0.2) is 4.98 Å². The molecule has 7 nitrogen and oxygen atoms in total. The fourth-order valence-electron chi connectivity index (χ4n) is 2.41. The van der Waals surface area contributed by atoms with Gasteiger partial charge in [-0.05, 0) is 12.1 Å². The van der Waals surface area contributed by atoms with Crippen LogP contribution in [0.1, 0.15) is 10.5 Å². The fraction of sp³-hybridized carbons (Fsp3) is 0.0588. The summed E-state index contributed by atoms with van der Waals surface area (Å²) in [4.78, 5) is 17.9. The van der Waals surface area contributed by atoms with Crippen LogP contribution in [-0.4, -0.2) is 32.6 Å². The van der Waals surface area contributed by atoms with Crippen molar-refractivity contribution in [3.63, 3.8) is 0 Å². The molecule has 0 aliphatic rings. The molecule has 0 bridgehead atoms. The summed E-state index contributed by atoms with van der Waals surface area (Å²) in [5.74, 6) is 0.0126. The van der Waals surface area contributed by atoms with Crippen LogP contribution < -0.4 is 10.1 Å². The predicted octanol–water partition coefficient (Wildman–Crippen LogP) is 3.11. The van der Waals surface area contributed by atoms with E-state index in [2.05, 4.69) is 20.5 Å². The molecule has 1 N–H and O–H groups in total. The maximum absolute atomic E-state index is 12.4. The van der Waals surface area contributed by atoms with Gasteiger partial charge in [0.1, 0.15) is 0 Å². The summed E-state index contributed by atoms with van der Waals surface area (Å²) >= 11 is 1.56. The third-order valence-corrected chi connectivity index (χ3v) is 4.40. The van der Waals surface area contributed by atoms with Crippen LogP contribution in [0.5, 0.6) is 5.88 Å². The molecule has 8 heteroatoms. The topological polar surface area (TPSA) is 81.4 Å². The van der Waals surface area contributed by atoms with Crippen LogP contribution >= 0.6 is 11.3 Å². The molecule has 3 heterocycles. The molecular formula is C17H13N5O2S. The van der Waals surface area contributed by atoms with Gasteiger partial charge < -0.3 is 10.1 Å². The van der Waals surface area contributed by atoms with Crippen LogP contribution in [0.2, 0.25) is 0 Å². The molecule has 0 radical (unpaired) electrons. The molecule has 1 aromatic carbocycles. The number of carbonyl (C=O) groups is 1. The van der Waals surface area contributed by atoms with E-state index >= 15 is 0 Å². The lowest BCUT2D eigenvalue weighted by atomic mass is 10.1. The van der Waals surface area contributed by atoms with Crippen LogP contribution in [-0.2, 0) is 0 Å². The minimum Gasteiger partial charge on any atom is -0.480 e. The Morgan fingerprint density at radius 2 is 2.08 bits per heavy atom. The highest BCUT2D eigenvalue weighted by Gasteiger charge is 2.14. The van der Waals surface area contributed by atoms with E-state index in [0.717, 1.165) is 16.2 Å². The third-order valence-electron chi connectivity index (χ3n) is 3.63. The number of nitrogens with zero attached hydrogens (tertiary/aromatic N) is 4. The molecule has 25 heavy (non-hydrogen) atoms. The van der Waals surface area contributed by atoms with E-state index in [1.54, 1.807) is 23.5 Å². The predicted molar refractivity (Wildman–Crippen MR) is 95.0 cm³/mol. The average molecular weight is 351 g/mol. The zero-order valence-corrected chi connectivity index (χ0v) is 14.0. The molecule has 0 unspecified atom stereocenters. The number of hydrogen-bond acceptors (Lipinski definition) is 6. The first-order valence-electron chi connectivity index (χ1n) is 7.45. The number of para-hydroxylation sites is 1. The van der Waals surface area contributed by atoms with E-state index in [0.29, 0.717) is 11.6 Å².